The Morgan fingerprint density at radius 3 is 2.61 bits per heavy atom. The highest BCUT2D eigenvalue weighted by Crippen LogP contribution is 2.39. The van der Waals surface area contributed by atoms with Gasteiger partial charge in [-0.25, -0.2) is 8.42 Å². The van der Waals surface area contributed by atoms with Crippen molar-refractivity contribution >= 4 is 45.8 Å². The SMILES string of the molecule is COc1cc(NC(=O)C2CC3CCC2O3)ccc1S(=O)(=O)Nc1cccc(OC(F)(P)P)c1. The van der Waals surface area contributed by atoms with E-state index < -0.39 is 15.4 Å². The van der Waals surface area contributed by atoms with E-state index in [9.17, 15) is 17.6 Å². The van der Waals surface area contributed by atoms with Crippen molar-refractivity contribution in [1.29, 1.82) is 0 Å². The number of nitrogens with one attached hydrogen (secondary N) is 2. The summed E-state index contributed by atoms with van der Waals surface area (Å²) >= 11 is 0. The summed E-state index contributed by atoms with van der Waals surface area (Å²) in [4.78, 5) is 12.5. The standard InChI is InChI=1S/C21H25FN2O6P2S/c1-28-18-10-12(23-20(25)16-11-14-6-7-17(16)29-14)5-8-19(18)33(26,27)24-13-3-2-4-15(9-13)30-21(22,31)32/h2-5,8-10,14,16-17,24H,6-7,11,31-32H2,1H3,(H,23,25). The first-order chi connectivity index (χ1) is 15.5. The summed E-state index contributed by atoms with van der Waals surface area (Å²) in [7, 11) is 1.03. The van der Waals surface area contributed by atoms with Crippen LogP contribution in [0.1, 0.15) is 19.3 Å². The molecule has 5 unspecified atom stereocenters. The van der Waals surface area contributed by atoms with Gasteiger partial charge >= 0.3 is 0 Å². The quantitative estimate of drug-likeness (QED) is 0.521. The van der Waals surface area contributed by atoms with Crippen LogP contribution in [0.5, 0.6) is 11.5 Å². The maximum atomic E-state index is 13.7. The van der Waals surface area contributed by atoms with Gasteiger partial charge in [0.15, 0.2) is 0 Å². The largest absolute Gasteiger partial charge is 0.495 e. The van der Waals surface area contributed by atoms with Crippen molar-refractivity contribution in [2.45, 2.75) is 41.7 Å². The monoisotopic (exact) mass is 514 g/mol. The Kier molecular flexibility index (Phi) is 6.83. The van der Waals surface area contributed by atoms with Gasteiger partial charge in [-0.1, -0.05) is 6.07 Å². The van der Waals surface area contributed by atoms with Gasteiger partial charge in [0, 0.05) is 17.8 Å². The Morgan fingerprint density at radius 2 is 1.97 bits per heavy atom. The van der Waals surface area contributed by atoms with Crippen LogP contribution in [0, 0.1) is 5.92 Å². The normalized spacial score (nSPS) is 22.1. The number of amides is 1. The fraction of sp³-hybridized carbons (Fsp3) is 0.381. The summed E-state index contributed by atoms with van der Waals surface area (Å²) in [5.41, 5.74) is 0.608. The Morgan fingerprint density at radius 1 is 1.18 bits per heavy atom. The van der Waals surface area contributed by atoms with Gasteiger partial charge in [0.05, 0.1) is 30.9 Å². The Balaban J connectivity index is 1.50. The molecule has 178 valence electrons. The minimum atomic E-state index is -4.05. The number of alkyl halides is 1. The number of fused-ring (bicyclic) bond motifs is 2. The molecular weight excluding hydrogens is 489 g/mol. The van der Waals surface area contributed by atoms with Gasteiger partial charge in [0.1, 0.15) is 16.4 Å². The van der Waals surface area contributed by atoms with E-state index in [1.54, 1.807) is 0 Å². The summed E-state index contributed by atoms with van der Waals surface area (Å²) in [6, 6.07) is 10.2. The van der Waals surface area contributed by atoms with Crippen LogP contribution < -0.4 is 19.5 Å². The zero-order valence-electron chi connectivity index (χ0n) is 17.8. The van der Waals surface area contributed by atoms with Gasteiger partial charge in [-0.15, -0.1) is 0 Å². The predicted molar refractivity (Wildman–Crippen MR) is 129 cm³/mol. The number of methoxy groups -OCH3 is 1. The number of anilines is 2. The molecule has 0 radical (unpaired) electrons. The highest BCUT2D eigenvalue weighted by atomic mass is 32.2. The van der Waals surface area contributed by atoms with Crippen molar-refractivity contribution in [1.82, 2.24) is 0 Å². The fourth-order valence-corrected chi connectivity index (χ4v) is 5.60. The van der Waals surface area contributed by atoms with E-state index in [0.717, 1.165) is 12.8 Å². The second-order valence-corrected chi connectivity index (χ2v) is 11.9. The summed E-state index contributed by atoms with van der Waals surface area (Å²) in [6.45, 7) is 0. The van der Waals surface area contributed by atoms with Crippen LogP contribution >= 0.6 is 18.5 Å². The van der Waals surface area contributed by atoms with Gasteiger partial charge in [0.25, 0.3) is 15.4 Å². The zero-order chi connectivity index (χ0) is 23.8. The highest BCUT2D eigenvalue weighted by molar-refractivity contribution is 7.92. The lowest BCUT2D eigenvalue weighted by atomic mass is 9.88. The lowest BCUT2D eigenvalue weighted by molar-refractivity contribution is -0.121. The molecule has 2 aliphatic rings. The lowest BCUT2D eigenvalue weighted by Gasteiger charge is -2.19. The first-order valence-corrected chi connectivity index (χ1v) is 12.9. The molecule has 0 saturated carbocycles. The van der Waals surface area contributed by atoms with E-state index in [2.05, 4.69) is 10.0 Å². The Labute approximate surface area is 196 Å². The number of hydrogen-bond acceptors (Lipinski definition) is 6. The van der Waals surface area contributed by atoms with E-state index in [1.807, 2.05) is 18.5 Å². The molecule has 8 nitrogen and oxygen atoms in total. The van der Waals surface area contributed by atoms with Crippen LogP contribution in [0.15, 0.2) is 47.4 Å². The van der Waals surface area contributed by atoms with Crippen molar-refractivity contribution in [2.75, 3.05) is 17.1 Å². The maximum Gasteiger partial charge on any atom is 0.270 e. The number of sulfonamides is 1. The molecule has 2 heterocycles. The van der Waals surface area contributed by atoms with E-state index >= 15 is 0 Å². The van der Waals surface area contributed by atoms with E-state index in [0.29, 0.717) is 12.1 Å². The molecule has 2 aliphatic heterocycles. The van der Waals surface area contributed by atoms with Crippen molar-refractivity contribution in [3.05, 3.63) is 42.5 Å². The Bertz CT molecular complexity index is 1160. The molecule has 2 N–H and O–H groups in total. The minimum absolute atomic E-state index is 0.0550. The van der Waals surface area contributed by atoms with Crippen molar-refractivity contribution < 1.29 is 31.8 Å². The lowest BCUT2D eigenvalue weighted by Crippen LogP contribution is -2.30. The van der Waals surface area contributed by atoms with Gasteiger partial charge < -0.3 is 19.5 Å². The first-order valence-electron chi connectivity index (χ1n) is 10.3. The van der Waals surface area contributed by atoms with Crippen LogP contribution in [0.4, 0.5) is 15.8 Å². The van der Waals surface area contributed by atoms with Gasteiger partial charge in [0.2, 0.25) is 5.91 Å². The second kappa shape index (κ2) is 9.34. The molecule has 2 fully saturated rings. The average Bonchev–Trinajstić information content (AvgIpc) is 3.36. The number of halogens is 1. The number of benzene rings is 2. The average molecular weight is 514 g/mol. The maximum absolute atomic E-state index is 13.7. The van der Waals surface area contributed by atoms with Gasteiger partial charge in [-0.2, -0.15) is 4.39 Å². The molecule has 0 aliphatic carbocycles. The topological polar surface area (TPSA) is 103 Å². The third kappa shape index (κ3) is 5.75. The van der Waals surface area contributed by atoms with E-state index in [-0.39, 0.29) is 46.1 Å². The highest BCUT2D eigenvalue weighted by Gasteiger charge is 2.44. The molecule has 2 aromatic rings. The molecule has 0 spiro atoms. The Hall–Kier alpha value is -1.99. The first kappa shape index (κ1) is 24.1. The summed E-state index contributed by atoms with van der Waals surface area (Å²) < 4.78 is 58.2. The molecule has 2 saturated heterocycles. The molecule has 2 aromatic carbocycles. The van der Waals surface area contributed by atoms with Gasteiger partial charge in [-0.05, 0) is 62.0 Å². The fourth-order valence-electron chi connectivity index (χ4n) is 4.13. The summed E-state index contributed by atoms with van der Waals surface area (Å²) in [6.07, 6.45) is 2.66. The van der Waals surface area contributed by atoms with Crippen molar-refractivity contribution in [3.63, 3.8) is 0 Å². The predicted octanol–water partition coefficient (Wildman–Crippen LogP) is 3.71. The van der Waals surface area contributed by atoms with Crippen LogP contribution in [0.2, 0.25) is 0 Å². The van der Waals surface area contributed by atoms with Gasteiger partial charge in [-0.3, -0.25) is 9.52 Å². The molecular formula is C21H25FN2O6P2S. The minimum Gasteiger partial charge on any atom is -0.495 e. The second-order valence-electron chi connectivity index (χ2n) is 8.00. The smallest absolute Gasteiger partial charge is 0.270 e. The van der Waals surface area contributed by atoms with E-state index in [4.69, 9.17) is 14.2 Å². The third-order valence-corrected chi connectivity index (χ3v) is 7.18. The number of ether oxygens (including phenoxy) is 3. The van der Waals surface area contributed by atoms with E-state index in [1.165, 1.54) is 49.6 Å². The molecule has 0 aromatic heterocycles. The molecule has 2 bridgehead atoms. The third-order valence-electron chi connectivity index (χ3n) is 5.52. The number of hydrogen-bond donors (Lipinski definition) is 2. The zero-order valence-corrected chi connectivity index (χ0v) is 20.9. The molecule has 1 amide bonds. The van der Waals surface area contributed by atoms with Crippen LogP contribution in [-0.2, 0) is 19.6 Å². The van der Waals surface area contributed by atoms with Crippen molar-refractivity contribution in [3.8, 4) is 11.5 Å². The number of rotatable bonds is 8. The number of carbonyl (C=O) groups excluding carboxylic acids is 1. The van der Waals surface area contributed by atoms with Crippen molar-refractivity contribution in [2.24, 2.45) is 5.92 Å². The molecule has 4 rings (SSSR count). The van der Waals surface area contributed by atoms with Crippen LogP contribution in [-0.4, -0.2) is 39.0 Å². The molecule has 12 heteroatoms. The van der Waals surface area contributed by atoms with Crippen LogP contribution in [0.25, 0.3) is 0 Å². The molecule has 5 atom stereocenters. The number of carbonyl (C=O) groups is 1. The molecule has 33 heavy (non-hydrogen) atoms. The van der Waals surface area contributed by atoms with Crippen LogP contribution in [0.3, 0.4) is 0 Å². The summed E-state index contributed by atoms with van der Waals surface area (Å²) in [5, 5.41) is 0.753. The summed E-state index contributed by atoms with van der Waals surface area (Å²) in [5.74, 6) is -0.158.